The number of hydrogen-bond acceptors (Lipinski definition) is 1. The summed E-state index contributed by atoms with van der Waals surface area (Å²) < 4.78 is 0. The van der Waals surface area contributed by atoms with E-state index in [-0.39, 0.29) is 5.84 Å². The van der Waals surface area contributed by atoms with Crippen molar-refractivity contribution in [3.63, 3.8) is 0 Å². The summed E-state index contributed by atoms with van der Waals surface area (Å²) in [4.78, 5) is 5.32. The molecule has 0 amide bonds. The summed E-state index contributed by atoms with van der Waals surface area (Å²) >= 11 is 0. The van der Waals surface area contributed by atoms with Gasteiger partial charge in [0.1, 0.15) is 0 Å². The van der Waals surface area contributed by atoms with Crippen LogP contribution in [0.2, 0.25) is 0 Å². The number of allylic oxidation sites excluding steroid dienone is 1. The van der Waals surface area contributed by atoms with Crippen LogP contribution in [-0.4, -0.2) is 11.5 Å². The summed E-state index contributed by atoms with van der Waals surface area (Å²) in [6.45, 7) is 0. The summed E-state index contributed by atoms with van der Waals surface area (Å²) in [6, 6.07) is 85.7. The quantitative estimate of drug-likeness (QED) is 0.0774. The van der Waals surface area contributed by atoms with E-state index < -0.39 is 5.41 Å². The lowest BCUT2D eigenvalue weighted by molar-refractivity contribution is 0.793. The van der Waals surface area contributed by atoms with Crippen molar-refractivity contribution in [2.24, 2.45) is 4.99 Å². The smallest absolute Gasteiger partial charge is 0.152 e. The number of amidine groups is 1. The lowest BCUT2D eigenvalue weighted by Crippen LogP contribution is -2.25. The monoisotopic (exact) mass is 874 g/mol. The van der Waals surface area contributed by atoms with E-state index >= 15 is 0 Å². The minimum atomic E-state index is -0.503. The van der Waals surface area contributed by atoms with Gasteiger partial charge in [0.25, 0.3) is 0 Å². The molecule has 0 fully saturated rings. The molecule has 0 aliphatic heterocycles. The molecule has 0 saturated heterocycles. The molecule has 14 rings (SSSR count). The predicted octanol–water partition coefficient (Wildman–Crippen LogP) is 17.0. The number of nitrogens with one attached hydrogen (secondary N) is 1. The van der Waals surface area contributed by atoms with Crippen molar-refractivity contribution in [1.82, 2.24) is 0 Å². The fourth-order valence-electron chi connectivity index (χ4n) is 12.2. The predicted molar refractivity (Wildman–Crippen MR) is 291 cm³/mol. The van der Waals surface area contributed by atoms with E-state index in [9.17, 15) is 5.41 Å². The molecule has 0 bridgehead atoms. The fourth-order valence-corrected chi connectivity index (χ4v) is 12.2. The molecule has 0 saturated carbocycles. The molecule has 0 radical (unpaired) electrons. The van der Waals surface area contributed by atoms with E-state index in [1.54, 1.807) is 0 Å². The average molecular weight is 875 g/mol. The molecule has 320 valence electrons. The van der Waals surface area contributed by atoms with E-state index in [0.29, 0.717) is 0 Å². The Morgan fingerprint density at radius 3 is 1.54 bits per heavy atom. The fraction of sp³-hybridized carbons (Fsp3) is 0.0149. The molecule has 1 N–H and O–H groups in total. The third-order valence-corrected chi connectivity index (χ3v) is 15.0. The molecule has 12 aromatic carbocycles. The summed E-state index contributed by atoms with van der Waals surface area (Å²) in [6.07, 6.45) is 4.43. The van der Waals surface area contributed by atoms with Gasteiger partial charge in [-0.05, 0) is 127 Å². The number of nitrogens with zero attached hydrogens (tertiary/aromatic N) is 1. The molecule has 2 aliphatic rings. The van der Waals surface area contributed by atoms with Crippen LogP contribution in [0.15, 0.2) is 248 Å². The Kier molecular flexibility index (Phi) is 8.68. The second-order valence-electron chi connectivity index (χ2n) is 18.4. The average Bonchev–Trinajstić information content (AvgIpc) is 3.89. The van der Waals surface area contributed by atoms with Crippen molar-refractivity contribution in [2.45, 2.75) is 5.41 Å². The van der Waals surface area contributed by atoms with Crippen LogP contribution >= 0.6 is 0 Å². The van der Waals surface area contributed by atoms with Gasteiger partial charge in [-0.25, -0.2) is 4.99 Å². The lowest BCUT2D eigenvalue weighted by Gasteiger charge is -2.30. The third-order valence-electron chi connectivity index (χ3n) is 15.0. The van der Waals surface area contributed by atoms with Crippen LogP contribution in [0, 0.1) is 5.41 Å². The van der Waals surface area contributed by atoms with E-state index in [1.807, 2.05) is 30.3 Å². The number of benzene rings is 12. The lowest BCUT2D eigenvalue weighted by atomic mass is 9.70. The Bertz CT molecular complexity index is 4110. The van der Waals surface area contributed by atoms with Crippen LogP contribution < -0.4 is 0 Å². The Balaban J connectivity index is 1.03. The standard InChI is InChI=1S/C67H42N2/c68-66(43-20-2-1-3-21-43)69-62(56-32-18-36-61-63(56)55-31-14-17-35-60(55)67(61)58-33-15-12-27-50(58)51-28-13-16-34-59(51)67)40-39-49-47-25-8-10-29-52(47)65(53-30-11-9-26-48(49)53)64-46-24-7-5-22-44(46)41-57-45-23-6-4-19-42(45)37-38-54(57)64/h1-41,68H/b40-39+,68-66?,69-62?. The number of aliphatic imine (C=N–C) groups is 1. The molecule has 2 aliphatic carbocycles. The van der Waals surface area contributed by atoms with Crippen molar-refractivity contribution in [2.75, 3.05) is 0 Å². The highest BCUT2D eigenvalue weighted by Gasteiger charge is 2.52. The first-order valence-corrected chi connectivity index (χ1v) is 23.8. The van der Waals surface area contributed by atoms with Crippen molar-refractivity contribution < 1.29 is 0 Å². The highest BCUT2D eigenvalue weighted by molar-refractivity contribution is 6.29. The van der Waals surface area contributed by atoms with Gasteiger partial charge in [-0.3, -0.25) is 5.41 Å². The Morgan fingerprint density at radius 1 is 0.362 bits per heavy atom. The van der Waals surface area contributed by atoms with E-state index in [0.717, 1.165) is 38.7 Å². The van der Waals surface area contributed by atoms with E-state index in [2.05, 4.69) is 218 Å². The first kappa shape index (κ1) is 39.2. The minimum absolute atomic E-state index is 0.214. The summed E-state index contributed by atoms with van der Waals surface area (Å²) in [5.74, 6) is 0.214. The zero-order valence-electron chi connectivity index (χ0n) is 37.6. The summed E-state index contributed by atoms with van der Waals surface area (Å²) in [7, 11) is 0. The Labute approximate surface area is 400 Å². The molecule has 2 heteroatoms. The highest BCUT2D eigenvalue weighted by Crippen LogP contribution is 2.63. The van der Waals surface area contributed by atoms with E-state index in [4.69, 9.17) is 4.99 Å². The number of fused-ring (bicyclic) bond motifs is 16. The Hall–Kier alpha value is -8.98. The van der Waals surface area contributed by atoms with Gasteiger partial charge in [-0.2, -0.15) is 0 Å². The largest absolute Gasteiger partial charge is 0.282 e. The van der Waals surface area contributed by atoms with Gasteiger partial charge in [0, 0.05) is 11.1 Å². The van der Waals surface area contributed by atoms with Crippen molar-refractivity contribution >= 4 is 71.5 Å². The molecule has 1 spiro atoms. The van der Waals surface area contributed by atoms with Crippen LogP contribution in [0.5, 0.6) is 0 Å². The van der Waals surface area contributed by atoms with Gasteiger partial charge in [0.15, 0.2) is 5.84 Å². The summed E-state index contributed by atoms with van der Waals surface area (Å²) in [5.41, 5.74) is 15.6. The SMILES string of the molecule is N=C(N=C(/C=C/c1c2ccccc2c(-c2c3ccccc3cc3c2ccc2ccccc23)c2ccccc12)c1cccc2c1-c1ccccc1C21c2ccccc2-c2ccccc21)c1ccccc1. The Morgan fingerprint density at radius 2 is 0.855 bits per heavy atom. The second kappa shape index (κ2) is 15.3. The molecular weight excluding hydrogens is 833 g/mol. The topological polar surface area (TPSA) is 36.2 Å². The molecule has 69 heavy (non-hydrogen) atoms. The van der Waals surface area contributed by atoms with Gasteiger partial charge in [0.05, 0.1) is 11.1 Å². The molecule has 0 atom stereocenters. The van der Waals surface area contributed by atoms with Gasteiger partial charge in [0.2, 0.25) is 0 Å². The van der Waals surface area contributed by atoms with Crippen LogP contribution in [0.1, 0.15) is 38.9 Å². The molecule has 12 aromatic rings. The van der Waals surface area contributed by atoms with Crippen LogP contribution in [-0.2, 0) is 5.41 Å². The normalized spacial score (nSPS) is 13.4. The first-order chi connectivity index (χ1) is 34.2. The van der Waals surface area contributed by atoms with Crippen LogP contribution in [0.25, 0.3) is 93.3 Å². The zero-order chi connectivity index (χ0) is 45.6. The van der Waals surface area contributed by atoms with Gasteiger partial charge < -0.3 is 0 Å². The van der Waals surface area contributed by atoms with Gasteiger partial charge >= 0.3 is 0 Å². The highest BCUT2D eigenvalue weighted by atomic mass is 14.8. The van der Waals surface area contributed by atoms with Gasteiger partial charge in [-0.15, -0.1) is 0 Å². The first-order valence-electron chi connectivity index (χ1n) is 23.8. The number of hydrogen-bond donors (Lipinski definition) is 1. The zero-order valence-corrected chi connectivity index (χ0v) is 37.6. The van der Waals surface area contributed by atoms with Crippen molar-refractivity contribution in [1.29, 1.82) is 5.41 Å². The van der Waals surface area contributed by atoms with Crippen molar-refractivity contribution in [3.05, 3.63) is 282 Å². The van der Waals surface area contributed by atoms with Crippen molar-refractivity contribution in [3.8, 4) is 33.4 Å². The molecule has 0 aromatic heterocycles. The maximum absolute atomic E-state index is 9.53. The van der Waals surface area contributed by atoms with Crippen LogP contribution in [0.4, 0.5) is 0 Å². The molecule has 0 unspecified atom stereocenters. The maximum Gasteiger partial charge on any atom is 0.152 e. The molecule has 0 heterocycles. The maximum atomic E-state index is 9.53. The van der Waals surface area contributed by atoms with Crippen LogP contribution in [0.3, 0.4) is 0 Å². The third kappa shape index (κ3) is 5.67. The van der Waals surface area contributed by atoms with Gasteiger partial charge in [-0.1, -0.05) is 237 Å². The molecular formula is C67H42N2. The second-order valence-corrected chi connectivity index (χ2v) is 18.4. The molecule has 2 nitrogen and oxygen atoms in total. The van der Waals surface area contributed by atoms with E-state index in [1.165, 1.54) is 93.2 Å². The minimum Gasteiger partial charge on any atom is -0.282 e. The number of rotatable bonds is 5. The summed E-state index contributed by atoms with van der Waals surface area (Å²) in [5, 5.41) is 21.7.